The van der Waals surface area contributed by atoms with Crippen LogP contribution in [-0.2, 0) is 14.4 Å². The minimum absolute atomic E-state index is 0. The van der Waals surface area contributed by atoms with Crippen LogP contribution in [-0.4, -0.2) is 38.1 Å². The maximum atomic E-state index is 10.0. The van der Waals surface area contributed by atoms with Crippen molar-refractivity contribution in [2.45, 2.75) is 41.5 Å². The van der Waals surface area contributed by atoms with Crippen LogP contribution in [0.25, 0.3) is 0 Å². The summed E-state index contributed by atoms with van der Waals surface area (Å²) in [7, 11) is 0. The Labute approximate surface area is 169 Å². The molecule has 0 saturated heterocycles. The molecule has 7 nitrogen and oxygen atoms in total. The molecule has 0 bridgehead atoms. The van der Waals surface area contributed by atoms with E-state index in [1.165, 1.54) is 59.8 Å². The Kier molecular flexibility index (Phi) is 30.5. The third kappa shape index (κ3) is 62.8. The molecule has 0 aromatic rings. The van der Waals surface area contributed by atoms with Crippen molar-refractivity contribution in [3.63, 3.8) is 0 Å². The van der Waals surface area contributed by atoms with Crippen molar-refractivity contribution in [2.75, 3.05) is 0 Å². The van der Waals surface area contributed by atoms with Gasteiger partial charge < -0.3 is 20.8 Å². The Balaban J connectivity index is -0.0000000675. The normalized spacial score (nSPS) is 10.4. The zero-order valence-electron chi connectivity index (χ0n) is 14.3. The first-order valence-corrected chi connectivity index (χ1v) is 6.02. The minimum Gasteiger partial charge on any atom is -0.512 e. The molecule has 0 spiro atoms. The first-order valence-electron chi connectivity index (χ1n) is 6.02. The first-order chi connectivity index (χ1) is 9.38. The van der Waals surface area contributed by atoms with E-state index in [4.69, 9.17) is 15.3 Å². The molecule has 23 heavy (non-hydrogen) atoms. The van der Waals surface area contributed by atoms with Crippen LogP contribution in [0.3, 0.4) is 0 Å². The van der Waals surface area contributed by atoms with Gasteiger partial charge in [0, 0.05) is 59.1 Å². The summed E-state index contributed by atoms with van der Waals surface area (Å²) >= 11 is 0. The van der Waals surface area contributed by atoms with Gasteiger partial charge in [-0.25, -0.2) is 0 Å². The molecule has 0 aromatic carbocycles. The molecule has 0 heterocycles. The molecule has 0 aliphatic rings. The van der Waals surface area contributed by atoms with Crippen LogP contribution in [0, 0.1) is 40.8 Å². The number of hydrogen-bond acceptors (Lipinski definition) is 6. The molecule has 0 saturated carbocycles. The fourth-order valence-corrected chi connectivity index (χ4v) is 0.882. The SMILES string of the molecule is CC(=O)/C=C(/C)O.CC(=O)/C=C(/C)O.CC(=O)/C=C(/C)O.O.[Nd]. The number of aliphatic hydroxyl groups excluding tert-OH is 3. The molecule has 0 radical (unpaired) electrons. The van der Waals surface area contributed by atoms with Crippen LogP contribution in [0.5, 0.6) is 0 Å². The van der Waals surface area contributed by atoms with Crippen molar-refractivity contribution in [1.29, 1.82) is 0 Å². The summed E-state index contributed by atoms with van der Waals surface area (Å²) in [5.41, 5.74) is 0. The molecule has 0 unspecified atom stereocenters. The van der Waals surface area contributed by atoms with Crippen molar-refractivity contribution in [3.05, 3.63) is 35.5 Å². The van der Waals surface area contributed by atoms with Crippen molar-refractivity contribution < 1.29 is 76.0 Å². The standard InChI is InChI=1S/3C5H8O2.Nd.H2O/c3*1-4(6)3-5(2)7;;/h3*3,6H,1-2H3;;1H2/b3*4-3-;;. The van der Waals surface area contributed by atoms with Crippen molar-refractivity contribution in [2.24, 2.45) is 0 Å². The van der Waals surface area contributed by atoms with Crippen LogP contribution in [0.4, 0.5) is 0 Å². The third-order valence-electron chi connectivity index (χ3n) is 1.24. The van der Waals surface area contributed by atoms with Gasteiger partial charge in [-0.05, 0) is 41.5 Å². The monoisotopic (exact) mass is 460 g/mol. The molecule has 0 aliphatic heterocycles. The summed E-state index contributed by atoms with van der Waals surface area (Å²) in [6, 6.07) is 0. The van der Waals surface area contributed by atoms with Gasteiger partial charge >= 0.3 is 0 Å². The number of ketones is 3. The first kappa shape index (κ1) is 33.5. The second kappa shape index (κ2) is 20.9. The number of allylic oxidation sites excluding steroid dienone is 6. The zero-order chi connectivity index (χ0) is 17.6. The molecule has 0 amide bonds. The van der Waals surface area contributed by atoms with Gasteiger partial charge in [0.1, 0.15) is 0 Å². The molecule has 0 atom stereocenters. The van der Waals surface area contributed by atoms with E-state index >= 15 is 0 Å². The summed E-state index contributed by atoms with van der Waals surface area (Å²) < 4.78 is 0. The molecule has 0 fully saturated rings. The van der Waals surface area contributed by atoms with E-state index in [1.807, 2.05) is 0 Å². The second-order valence-corrected chi connectivity index (χ2v) is 4.19. The summed E-state index contributed by atoms with van der Waals surface area (Å²) in [5.74, 6) is -0.187. The molecule has 132 valence electrons. The van der Waals surface area contributed by atoms with Crippen LogP contribution < -0.4 is 0 Å². The van der Waals surface area contributed by atoms with Crippen molar-refractivity contribution in [1.82, 2.24) is 0 Å². The molecule has 0 aliphatic carbocycles. The Hall–Kier alpha value is -1.06. The molecular weight excluding hydrogens is 436 g/mol. The molecule has 0 rings (SSSR count). The Morgan fingerprint density at radius 3 is 0.696 bits per heavy atom. The maximum Gasteiger partial charge on any atom is 0.155 e. The number of carbonyl (C=O) groups excluding carboxylic acids is 3. The van der Waals surface area contributed by atoms with Crippen molar-refractivity contribution in [3.8, 4) is 0 Å². The quantitative estimate of drug-likeness (QED) is 0.434. The average Bonchev–Trinajstić information content (AvgIpc) is 2.10. The summed E-state index contributed by atoms with van der Waals surface area (Å²) in [6.07, 6.45) is 3.50. The van der Waals surface area contributed by atoms with Gasteiger partial charge in [0.15, 0.2) is 17.3 Å². The average molecular weight is 463 g/mol. The summed E-state index contributed by atoms with van der Waals surface area (Å²) in [6.45, 7) is 8.54. The van der Waals surface area contributed by atoms with Crippen LogP contribution in [0.1, 0.15) is 41.5 Å². The number of carbonyl (C=O) groups is 3. The van der Waals surface area contributed by atoms with E-state index < -0.39 is 0 Å². The van der Waals surface area contributed by atoms with Gasteiger partial charge in [-0.3, -0.25) is 14.4 Å². The van der Waals surface area contributed by atoms with Gasteiger partial charge in [-0.15, -0.1) is 0 Å². The van der Waals surface area contributed by atoms with Gasteiger partial charge in [-0.2, -0.15) is 0 Å². The van der Waals surface area contributed by atoms with Gasteiger partial charge in [0.2, 0.25) is 0 Å². The Morgan fingerprint density at radius 2 is 0.696 bits per heavy atom. The van der Waals surface area contributed by atoms with Crippen molar-refractivity contribution >= 4 is 17.3 Å². The zero-order valence-corrected chi connectivity index (χ0v) is 17.5. The smallest absolute Gasteiger partial charge is 0.155 e. The van der Waals surface area contributed by atoms with E-state index in [0.29, 0.717) is 0 Å². The van der Waals surface area contributed by atoms with Crippen LogP contribution in [0.2, 0.25) is 0 Å². The minimum atomic E-state index is -0.125. The third-order valence-corrected chi connectivity index (χ3v) is 1.24. The fraction of sp³-hybridized carbons (Fsp3) is 0.400. The second-order valence-electron chi connectivity index (χ2n) is 4.19. The summed E-state index contributed by atoms with van der Waals surface area (Å²) in [4.78, 5) is 30.1. The van der Waals surface area contributed by atoms with E-state index in [0.717, 1.165) is 0 Å². The number of hydrogen-bond donors (Lipinski definition) is 3. The largest absolute Gasteiger partial charge is 0.512 e. The van der Waals surface area contributed by atoms with E-state index in [2.05, 4.69) is 0 Å². The van der Waals surface area contributed by atoms with E-state index in [-0.39, 0.29) is 80.9 Å². The van der Waals surface area contributed by atoms with E-state index in [9.17, 15) is 14.4 Å². The van der Waals surface area contributed by atoms with Gasteiger partial charge in [0.25, 0.3) is 0 Å². The Bertz CT molecular complexity index is 370. The number of aliphatic hydroxyl groups is 3. The fourth-order valence-electron chi connectivity index (χ4n) is 0.882. The molecule has 5 N–H and O–H groups in total. The van der Waals surface area contributed by atoms with E-state index in [1.54, 1.807) is 0 Å². The van der Waals surface area contributed by atoms with Crippen LogP contribution in [0.15, 0.2) is 35.5 Å². The Morgan fingerprint density at radius 1 is 0.565 bits per heavy atom. The summed E-state index contributed by atoms with van der Waals surface area (Å²) in [5, 5.41) is 25.1. The van der Waals surface area contributed by atoms with Gasteiger partial charge in [0.05, 0.1) is 17.3 Å². The predicted molar refractivity (Wildman–Crippen MR) is 84.8 cm³/mol. The number of rotatable bonds is 3. The predicted octanol–water partition coefficient (Wildman–Crippen LogP) is 2.29. The maximum absolute atomic E-state index is 10.0. The molecular formula is C15H26NdO7. The van der Waals surface area contributed by atoms with Crippen LogP contribution >= 0.6 is 0 Å². The molecule has 8 heteroatoms. The topological polar surface area (TPSA) is 143 Å². The van der Waals surface area contributed by atoms with Gasteiger partial charge in [-0.1, -0.05) is 0 Å². The molecule has 0 aromatic heterocycles.